The van der Waals surface area contributed by atoms with Gasteiger partial charge in [0.05, 0.1) is 19.6 Å². The van der Waals surface area contributed by atoms with Crippen LogP contribution in [0.15, 0.2) is 18.2 Å². The minimum absolute atomic E-state index is 0.0422. The van der Waals surface area contributed by atoms with Crippen LogP contribution in [0.4, 0.5) is 5.69 Å². The number of ketones is 1. The molecule has 0 bridgehead atoms. The first-order valence-corrected chi connectivity index (χ1v) is 6.89. The minimum atomic E-state index is -0.310. The molecular weight excluding hydrogens is 254 g/mol. The third-order valence-corrected chi connectivity index (χ3v) is 3.09. The molecule has 0 atom stereocenters. The number of Topliss-reactive ketones (excluding diaryl/α,β-unsaturated/α-hetero) is 1. The first-order chi connectivity index (χ1) is 9.43. The Hall–Kier alpha value is -1.84. The van der Waals surface area contributed by atoms with Crippen LogP contribution in [0.25, 0.3) is 0 Å². The van der Waals surface area contributed by atoms with Crippen molar-refractivity contribution < 1.29 is 14.3 Å². The molecule has 0 saturated heterocycles. The van der Waals surface area contributed by atoms with Gasteiger partial charge in [-0.15, -0.1) is 0 Å². The van der Waals surface area contributed by atoms with Gasteiger partial charge in [-0.2, -0.15) is 0 Å². The van der Waals surface area contributed by atoms with E-state index in [-0.39, 0.29) is 24.6 Å². The van der Waals surface area contributed by atoms with E-state index in [1.807, 2.05) is 37.9 Å². The Morgan fingerprint density at radius 2 is 1.90 bits per heavy atom. The zero-order chi connectivity index (χ0) is 15.1. The van der Waals surface area contributed by atoms with E-state index >= 15 is 0 Å². The Kier molecular flexibility index (Phi) is 6.22. The number of aryl methyl sites for hydroxylation is 2. The summed E-state index contributed by atoms with van der Waals surface area (Å²) >= 11 is 0. The van der Waals surface area contributed by atoms with Crippen LogP contribution in [-0.4, -0.2) is 32.0 Å². The summed E-state index contributed by atoms with van der Waals surface area (Å²) in [5.74, 6) is -0.268. The van der Waals surface area contributed by atoms with Crippen LogP contribution in [0.1, 0.15) is 30.9 Å². The fraction of sp³-hybridized carbons (Fsp3) is 0.500. The molecule has 0 aliphatic rings. The van der Waals surface area contributed by atoms with Crippen molar-refractivity contribution >= 4 is 17.4 Å². The van der Waals surface area contributed by atoms with Gasteiger partial charge in [-0.05, 0) is 32.4 Å². The standard InChI is InChI=1S/C16H23NO3/c1-5-20-16(19)9-7-14(18)11-17(4)15-8-6-12(2)10-13(15)3/h6,8,10H,5,7,9,11H2,1-4H3. The number of benzene rings is 1. The van der Waals surface area contributed by atoms with E-state index in [4.69, 9.17) is 4.74 Å². The second-order valence-electron chi connectivity index (χ2n) is 4.99. The number of ether oxygens (including phenoxy) is 1. The quantitative estimate of drug-likeness (QED) is 0.719. The molecule has 0 radical (unpaired) electrons. The van der Waals surface area contributed by atoms with Crippen LogP contribution in [0.3, 0.4) is 0 Å². The third-order valence-electron chi connectivity index (χ3n) is 3.09. The molecule has 0 fully saturated rings. The highest BCUT2D eigenvalue weighted by atomic mass is 16.5. The van der Waals surface area contributed by atoms with Gasteiger partial charge >= 0.3 is 5.97 Å². The molecular formula is C16H23NO3. The highest BCUT2D eigenvalue weighted by Crippen LogP contribution is 2.19. The minimum Gasteiger partial charge on any atom is -0.466 e. The topological polar surface area (TPSA) is 46.6 Å². The predicted octanol–water partition coefficient (Wildman–Crippen LogP) is 2.65. The lowest BCUT2D eigenvalue weighted by Gasteiger charge is -2.21. The number of carbonyl (C=O) groups is 2. The molecule has 0 spiro atoms. The summed E-state index contributed by atoms with van der Waals surface area (Å²) in [6.45, 7) is 6.50. The summed E-state index contributed by atoms with van der Waals surface area (Å²) in [5, 5.41) is 0. The lowest BCUT2D eigenvalue weighted by Crippen LogP contribution is -2.26. The van der Waals surface area contributed by atoms with Gasteiger partial charge in [-0.25, -0.2) is 0 Å². The van der Waals surface area contributed by atoms with Crippen molar-refractivity contribution in [2.45, 2.75) is 33.6 Å². The molecule has 0 N–H and O–H groups in total. The van der Waals surface area contributed by atoms with Gasteiger partial charge in [-0.1, -0.05) is 17.7 Å². The molecule has 4 nitrogen and oxygen atoms in total. The number of hydrogen-bond donors (Lipinski definition) is 0. The molecule has 0 saturated carbocycles. The van der Waals surface area contributed by atoms with Crippen molar-refractivity contribution in [3.8, 4) is 0 Å². The maximum atomic E-state index is 11.9. The normalized spacial score (nSPS) is 10.2. The summed E-state index contributed by atoms with van der Waals surface area (Å²) in [4.78, 5) is 25.0. The van der Waals surface area contributed by atoms with E-state index in [0.29, 0.717) is 13.2 Å². The Labute approximate surface area is 120 Å². The molecule has 0 aromatic heterocycles. The second-order valence-corrected chi connectivity index (χ2v) is 4.99. The Balaban J connectivity index is 2.51. The van der Waals surface area contributed by atoms with Crippen molar-refractivity contribution in [1.29, 1.82) is 0 Å². The molecule has 4 heteroatoms. The van der Waals surface area contributed by atoms with Crippen molar-refractivity contribution in [3.63, 3.8) is 0 Å². The predicted molar refractivity (Wildman–Crippen MR) is 80.1 cm³/mol. The van der Waals surface area contributed by atoms with Crippen LogP contribution >= 0.6 is 0 Å². The highest BCUT2D eigenvalue weighted by Gasteiger charge is 2.12. The van der Waals surface area contributed by atoms with E-state index in [0.717, 1.165) is 11.3 Å². The third kappa shape index (κ3) is 5.03. The van der Waals surface area contributed by atoms with Crippen molar-refractivity contribution in [1.82, 2.24) is 0 Å². The van der Waals surface area contributed by atoms with Gasteiger partial charge in [0.1, 0.15) is 0 Å². The van der Waals surface area contributed by atoms with Gasteiger partial charge in [0.25, 0.3) is 0 Å². The number of nitrogens with zero attached hydrogens (tertiary/aromatic N) is 1. The molecule has 1 aromatic carbocycles. The molecule has 0 unspecified atom stereocenters. The zero-order valence-electron chi connectivity index (χ0n) is 12.7. The smallest absolute Gasteiger partial charge is 0.306 e. The monoisotopic (exact) mass is 277 g/mol. The molecule has 1 aromatic rings. The molecule has 20 heavy (non-hydrogen) atoms. The summed E-state index contributed by atoms with van der Waals surface area (Å²) in [6.07, 6.45) is 0.390. The molecule has 0 aliphatic carbocycles. The summed E-state index contributed by atoms with van der Waals surface area (Å²) in [6, 6.07) is 6.14. The maximum Gasteiger partial charge on any atom is 0.306 e. The first-order valence-electron chi connectivity index (χ1n) is 6.89. The number of esters is 1. The van der Waals surface area contributed by atoms with Crippen LogP contribution in [0.2, 0.25) is 0 Å². The van der Waals surface area contributed by atoms with Gasteiger partial charge < -0.3 is 9.64 Å². The largest absolute Gasteiger partial charge is 0.466 e. The Morgan fingerprint density at radius 3 is 2.50 bits per heavy atom. The molecule has 0 amide bonds. The summed E-state index contributed by atoms with van der Waals surface area (Å²) in [5.41, 5.74) is 3.39. The molecule has 110 valence electrons. The number of rotatable bonds is 7. The second kappa shape index (κ2) is 7.68. The Morgan fingerprint density at radius 1 is 1.20 bits per heavy atom. The van der Waals surface area contributed by atoms with Gasteiger partial charge in [-0.3, -0.25) is 9.59 Å². The summed E-state index contributed by atoms with van der Waals surface area (Å²) < 4.78 is 4.81. The van der Waals surface area contributed by atoms with Gasteiger partial charge in [0.2, 0.25) is 0 Å². The lowest BCUT2D eigenvalue weighted by molar-refractivity contribution is -0.144. The van der Waals surface area contributed by atoms with Crippen LogP contribution in [-0.2, 0) is 14.3 Å². The molecule has 1 rings (SSSR count). The van der Waals surface area contributed by atoms with Crippen LogP contribution in [0.5, 0.6) is 0 Å². The molecule has 0 aliphatic heterocycles. The van der Waals surface area contributed by atoms with E-state index < -0.39 is 0 Å². The average Bonchev–Trinajstić information content (AvgIpc) is 2.36. The first kappa shape index (κ1) is 16.2. The molecule has 0 heterocycles. The van der Waals surface area contributed by atoms with E-state index in [1.165, 1.54) is 5.56 Å². The number of likely N-dealkylation sites (N-methyl/N-ethyl adjacent to an activating group) is 1. The van der Waals surface area contributed by atoms with Crippen molar-refractivity contribution in [2.75, 3.05) is 25.1 Å². The average molecular weight is 277 g/mol. The van der Waals surface area contributed by atoms with Crippen molar-refractivity contribution in [3.05, 3.63) is 29.3 Å². The van der Waals surface area contributed by atoms with Crippen molar-refractivity contribution in [2.24, 2.45) is 0 Å². The van der Waals surface area contributed by atoms with Crippen LogP contribution in [0, 0.1) is 13.8 Å². The fourth-order valence-corrected chi connectivity index (χ4v) is 2.14. The van der Waals surface area contributed by atoms with Crippen LogP contribution < -0.4 is 4.90 Å². The Bertz CT molecular complexity index is 483. The SMILES string of the molecule is CCOC(=O)CCC(=O)CN(C)c1ccc(C)cc1C. The zero-order valence-corrected chi connectivity index (χ0v) is 12.7. The highest BCUT2D eigenvalue weighted by molar-refractivity contribution is 5.86. The maximum absolute atomic E-state index is 11.9. The van der Waals surface area contributed by atoms with Gasteiger partial charge in [0, 0.05) is 19.2 Å². The number of carbonyl (C=O) groups excluding carboxylic acids is 2. The van der Waals surface area contributed by atoms with Gasteiger partial charge in [0.15, 0.2) is 5.78 Å². The fourth-order valence-electron chi connectivity index (χ4n) is 2.14. The van der Waals surface area contributed by atoms with E-state index in [9.17, 15) is 9.59 Å². The lowest BCUT2D eigenvalue weighted by atomic mass is 10.1. The number of anilines is 1. The van der Waals surface area contributed by atoms with E-state index in [2.05, 4.69) is 6.07 Å². The summed E-state index contributed by atoms with van der Waals surface area (Å²) in [7, 11) is 1.89. The van der Waals surface area contributed by atoms with E-state index in [1.54, 1.807) is 6.92 Å². The number of hydrogen-bond acceptors (Lipinski definition) is 4.